The van der Waals surface area contributed by atoms with Crippen molar-refractivity contribution in [2.75, 3.05) is 26.8 Å². The maximum atomic E-state index is 13.1. The van der Waals surface area contributed by atoms with Gasteiger partial charge in [-0.15, -0.1) is 0 Å². The van der Waals surface area contributed by atoms with Crippen molar-refractivity contribution >= 4 is 11.9 Å². The standard InChI is InChI=1S/C23H27N3O4/c1-24-23(28)25-22(27)21(16-7-3-2-4-8-16)26-12-5-9-18(26)17-10-11-19-20(15-17)30-14-6-13-29-19/h2-4,7-8,10-11,15,18,21H,5-6,9,12-14H2,1H3,(H2,24,25,27,28)/p+1/t18-,21-/m1/s1. The van der Waals surface area contributed by atoms with Gasteiger partial charge < -0.3 is 19.7 Å². The van der Waals surface area contributed by atoms with Gasteiger partial charge in [-0.2, -0.15) is 0 Å². The minimum atomic E-state index is -0.494. The van der Waals surface area contributed by atoms with Crippen LogP contribution < -0.4 is 25.0 Å². The fraction of sp³-hybridized carbons (Fsp3) is 0.391. The second-order valence-corrected chi connectivity index (χ2v) is 7.69. The molecule has 0 spiro atoms. The zero-order valence-electron chi connectivity index (χ0n) is 17.1. The summed E-state index contributed by atoms with van der Waals surface area (Å²) in [7, 11) is 1.50. The summed E-state index contributed by atoms with van der Waals surface area (Å²) < 4.78 is 11.6. The second-order valence-electron chi connectivity index (χ2n) is 7.69. The van der Waals surface area contributed by atoms with Gasteiger partial charge in [0, 0.05) is 37.4 Å². The number of quaternary nitrogens is 1. The minimum Gasteiger partial charge on any atom is -0.490 e. The summed E-state index contributed by atoms with van der Waals surface area (Å²) in [5.74, 6) is 1.24. The van der Waals surface area contributed by atoms with Crippen molar-refractivity contribution in [1.82, 2.24) is 10.6 Å². The highest BCUT2D eigenvalue weighted by atomic mass is 16.5. The number of fused-ring (bicyclic) bond motifs is 1. The first kappa shape index (κ1) is 20.2. The number of imide groups is 1. The van der Waals surface area contributed by atoms with Gasteiger partial charge in [0.1, 0.15) is 6.04 Å². The first-order valence-electron chi connectivity index (χ1n) is 10.5. The molecule has 2 aliphatic heterocycles. The van der Waals surface area contributed by atoms with Gasteiger partial charge in [0.15, 0.2) is 17.5 Å². The fourth-order valence-corrected chi connectivity index (χ4v) is 4.42. The molecule has 7 heteroatoms. The molecule has 1 fully saturated rings. The van der Waals surface area contributed by atoms with Crippen LogP contribution in [0.25, 0.3) is 0 Å². The molecule has 4 rings (SSSR count). The molecule has 158 valence electrons. The van der Waals surface area contributed by atoms with E-state index in [9.17, 15) is 9.59 Å². The molecule has 2 heterocycles. The van der Waals surface area contributed by atoms with E-state index < -0.39 is 12.1 Å². The van der Waals surface area contributed by atoms with Crippen molar-refractivity contribution in [1.29, 1.82) is 0 Å². The smallest absolute Gasteiger partial charge is 0.321 e. The summed E-state index contributed by atoms with van der Waals surface area (Å²) >= 11 is 0. The fourth-order valence-electron chi connectivity index (χ4n) is 4.42. The molecular weight excluding hydrogens is 382 g/mol. The molecule has 30 heavy (non-hydrogen) atoms. The zero-order chi connectivity index (χ0) is 20.9. The Kier molecular flexibility index (Phi) is 6.18. The second kappa shape index (κ2) is 9.17. The molecule has 0 saturated carbocycles. The highest BCUT2D eigenvalue weighted by Gasteiger charge is 2.41. The molecule has 7 nitrogen and oxygen atoms in total. The molecular formula is C23H28N3O4+. The molecule has 3 atom stereocenters. The molecule has 2 aromatic rings. The van der Waals surface area contributed by atoms with Crippen LogP contribution in [0.15, 0.2) is 48.5 Å². The van der Waals surface area contributed by atoms with Crippen LogP contribution in [0, 0.1) is 0 Å². The lowest BCUT2D eigenvalue weighted by atomic mass is 9.99. The highest BCUT2D eigenvalue weighted by Crippen LogP contribution is 2.34. The largest absolute Gasteiger partial charge is 0.490 e. The molecule has 2 aromatic carbocycles. The van der Waals surface area contributed by atoms with Crippen molar-refractivity contribution < 1.29 is 24.0 Å². The maximum absolute atomic E-state index is 13.1. The predicted octanol–water partition coefficient (Wildman–Crippen LogP) is 1.76. The van der Waals surface area contributed by atoms with Crippen LogP contribution in [-0.4, -0.2) is 38.7 Å². The number of hydrogen-bond acceptors (Lipinski definition) is 4. The SMILES string of the molecule is CNC(=O)NC(=O)[C@@H](c1ccccc1)[NH+]1CCC[C@@H]1c1ccc2c(c1)OCCCO2. The maximum Gasteiger partial charge on any atom is 0.321 e. The Labute approximate surface area is 176 Å². The van der Waals surface area contributed by atoms with E-state index in [1.165, 1.54) is 7.05 Å². The summed E-state index contributed by atoms with van der Waals surface area (Å²) in [6.45, 7) is 2.14. The Morgan fingerprint density at radius 1 is 1.03 bits per heavy atom. The number of rotatable bonds is 4. The minimum absolute atomic E-state index is 0.128. The number of amides is 3. The number of benzene rings is 2. The number of hydrogen-bond donors (Lipinski definition) is 3. The Bertz CT molecular complexity index is 903. The molecule has 3 amide bonds. The lowest BCUT2D eigenvalue weighted by Crippen LogP contribution is -3.11. The van der Waals surface area contributed by atoms with E-state index in [1.807, 2.05) is 36.4 Å². The van der Waals surface area contributed by atoms with Crippen LogP contribution in [0.3, 0.4) is 0 Å². The monoisotopic (exact) mass is 410 g/mol. The third kappa shape index (κ3) is 4.26. The summed E-state index contributed by atoms with van der Waals surface area (Å²) in [6.07, 6.45) is 2.83. The van der Waals surface area contributed by atoms with Crippen molar-refractivity contribution in [2.45, 2.75) is 31.3 Å². The number of likely N-dealkylation sites (tertiary alicyclic amines) is 1. The van der Waals surface area contributed by atoms with Crippen LogP contribution in [0.1, 0.15) is 42.5 Å². The lowest BCUT2D eigenvalue weighted by molar-refractivity contribution is -0.940. The van der Waals surface area contributed by atoms with Crippen molar-refractivity contribution in [3.63, 3.8) is 0 Å². The molecule has 0 aromatic heterocycles. The molecule has 0 radical (unpaired) electrons. The van der Waals surface area contributed by atoms with E-state index in [4.69, 9.17) is 9.47 Å². The first-order valence-corrected chi connectivity index (χ1v) is 10.5. The van der Waals surface area contributed by atoms with E-state index in [2.05, 4.69) is 22.8 Å². The number of ether oxygens (including phenoxy) is 2. The topological polar surface area (TPSA) is 81.1 Å². The van der Waals surface area contributed by atoms with Crippen LogP contribution in [-0.2, 0) is 4.79 Å². The Morgan fingerprint density at radius 2 is 1.80 bits per heavy atom. The summed E-state index contributed by atoms with van der Waals surface area (Å²) in [5, 5.41) is 4.95. The average Bonchev–Trinajstić information content (AvgIpc) is 3.11. The van der Waals surface area contributed by atoms with E-state index in [1.54, 1.807) is 0 Å². The van der Waals surface area contributed by atoms with Crippen molar-refractivity contribution in [3.05, 3.63) is 59.7 Å². The quantitative estimate of drug-likeness (QED) is 0.718. The van der Waals surface area contributed by atoms with Crippen LogP contribution in [0.5, 0.6) is 11.5 Å². The van der Waals surface area contributed by atoms with Gasteiger partial charge in [-0.3, -0.25) is 10.1 Å². The van der Waals surface area contributed by atoms with E-state index in [0.29, 0.717) is 13.2 Å². The van der Waals surface area contributed by atoms with Crippen molar-refractivity contribution in [2.24, 2.45) is 0 Å². The van der Waals surface area contributed by atoms with Gasteiger partial charge in [-0.05, 0) is 18.2 Å². The van der Waals surface area contributed by atoms with Gasteiger partial charge in [0.05, 0.1) is 19.8 Å². The van der Waals surface area contributed by atoms with Gasteiger partial charge >= 0.3 is 6.03 Å². The summed E-state index contributed by atoms with van der Waals surface area (Å²) in [5.41, 5.74) is 2.02. The van der Waals surface area contributed by atoms with Crippen molar-refractivity contribution in [3.8, 4) is 11.5 Å². The van der Waals surface area contributed by atoms with E-state index >= 15 is 0 Å². The molecule has 2 aliphatic rings. The molecule has 0 aliphatic carbocycles. The Morgan fingerprint density at radius 3 is 2.57 bits per heavy atom. The Balaban J connectivity index is 1.65. The predicted molar refractivity (Wildman–Crippen MR) is 112 cm³/mol. The zero-order valence-corrected chi connectivity index (χ0v) is 17.1. The molecule has 1 unspecified atom stereocenters. The highest BCUT2D eigenvalue weighted by molar-refractivity contribution is 5.96. The van der Waals surface area contributed by atoms with Crippen LogP contribution in [0.2, 0.25) is 0 Å². The van der Waals surface area contributed by atoms with Gasteiger partial charge in [-0.25, -0.2) is 4.79 Å². The number of carbonyl (C=O) groups excluding carboxylic acids is 2. The van der Waals surface area contributed by atoms with Gasteiger partial charge in [0.25, 0.3) is 5.91 Å². The molecule has 0 bridgehead atoms. The van der Waals surface area contributed by atoms with Crippen LogP contribution >= 0.6 is 0 Å². The lowest BCUT2D eigenvalue weighted by Gasteiger charge is -2.29. The number of urea groups is 1. The Hall–Kier alpha value is -3.06. The molecule has 1 saturated heterocycles. The molecule has 3 N–H and O–H groups in total. The summed E-state index contributed by atoms with van der Waals surface area (Å²) in [6, 6.07) is 14.9. The first-order chi connectivity index (χ1) is 14.7. The summed E-state index contributed by atoms with van der Waals surface area (Å²) in [4.78, 5) is 26.1. The van der Waals surface area contributed by atoms with E-state index in [0.717, 1.165) is 53.3 Å². The third-order valence-corrected chi connectivity index (χ3v) is 5.81. The normalized spacial score (nSPS) is 21.4. The van der Waals surface area contributed by atoms with E-state index in [-0.39, 0.29) is 11.9 Å². The third-order valence-electron chi connectivity index (χ3n) is 5.81. The average molecular weight is 410 g/mol. The van der Waals surface area contributed by atoms with Crippen LogP contribution in [0.4, 0.5) is 4.79 Å². The number of nitrogens with one attached hydrogen (secondary N) is 3. The van der Waals surface area contributed by atoms with Gasteiger partial charge in [0.2, 0.25) is 0 Å². The number of carbonyl (C=O) groups is 2. The van der Waals surface area contributed by atoms with Gasteiger partial charge in [-0.1, -0.05) is 30.3 Å².